The quantitative estimate of drug-likeness (QED) is 0.840. The molecule has 8 heteroatoms. The van der Waals surface area contributed by atoms with Crippen LogP contribution in [0.1, 0.15) is 88.3 Å². The molecule has 1 aliphatic carbocycles. The highest BCUT2D eigenvalue weighted by atomic mass is 16.6. The lowest BCUT2D eigenvalue weighted by Crippen LogP contribution is -2.51. The number of ether oxygens (including phenoxy) is 1. The second kappa shape index (κ2) is 6.73. The van der Waals surface area contributed by atoms with E-state index in [0.29, 0.717) is 24.2 Å². The Morgan fingerprint density at radius 1 is 1.15 bits per heavy atom. The van der Waals surface area contributed by atoms with Crippen molar-refractivity contribution in [1.82, 2.24) is 14.7 Å². The number of anilines is 1. The molecule has 8 nitrogen and oxygen atoms in total. The summed E-state index contributed by atoms with van der Waals surface area (Å²) in [6.45, 7) is 9.60. The molecule has 0 aromatic carbocycles. The molecule has 1 saturated heterocycles. The highest BCUT2D eigenvalue weighted by molar-refractivity contribution is 5.98. The average Bonchev–Trinajstić information content (AvgIpc) is 3.27. The smallest absolute Gasteiger partial charge is 0.410 e. The van der Waals surface area contributed by atoms with Crippen molar-refractivity contribution in [3.63, 3.8) is 0 Å². The number of amides is 2. The van der Waals surface area contributed by atoms with Gasteiger partial charge in [0.2, 0.25) is 0 Å². The zero-order valence-electron chi connectivity index (χ0n) is 16.9. The standard InChI is InChI=1S/C19H31N5O3/c1-10-8-13(9-11(2)23(10)18(26)27-19(3,4)5)24-16(20)14(17(21)25)15(22-24)12-6-7-12/h10-13H,6-9,20H2,1-5H3,(H2,21,25). The Bertz CT molecular complexity index is 735. The van der Waals surface area contributed by atoms with Gasteiger partial charge in [0.1, 0.15) is 17.0 Å². The third-order valence-corrected chi connectivity index (χ3v) is 5.31. The van der Waals surface area contributed by atoms with Crippen LogP contribution in [0.2, 0.25) is 0 Å². The van der Waals surface area contributed by atoms with Crippen molar-refractivity contribution >= 4 is 17.8 Å². The minimum absolute atomic E-state index is 0.0132. The van der Waals surface area contributed by atoms with Gasteiger partial charge in [-0.15, -0.1) is 0 Å². The van der Waals surface area contributed by atoms with Gasteiger partial charge in [-0.25, -0.2) is 9.48 Å². The van der Waals surface area contributed by atoms with Crippen molar-refractivity contribution in [3.8, 4) is 0 Å². The molecule has 3 rings (SSSR count). The van der Waals surface area contributed by atoms with Gasteiger partial charge >= 0.3 is 6.09 Å². The van der Waals surface area contributed by atoms with Crippen molar-refractivity contribution in [2.24, 2.45) is 5.73 Å². The Kier molecular flexibility index (Phi) is 4.86. The van der Waals surface area contributed by atoms with Gasteiger partial charge in [0.05, 0.1) is 11.7 Å². The van der Waals surface area contributed by atoms with E-state index in [0.717, 1.165) is 18.5 Å². The highest BCUT2D eigenvalue weighted by Gasteiger charge is 2.40. The molecule has 2 heterocycles. The van der Waals surface area contributed by atoms with Crippen LogP contribution in [0.3, 0.4) is 0 Å². The first-order valence-corrected chi connectivity index (χ1v) is 9.68. The molecular weight excluding hydrogens is 346 g/mol. The number of primary amides is 1. The average molecular weight is 377 g/mol. The topological polar surface area (TPSA) is 116 Å². The first kappa shape index (κ1) is 19.5. The summed E-state index contributed by atoms with van der Waals surface area (Å²) in [5, 5.41) is 4.67. The van der Waals surface area contributed by atoms with E-state index in [9.17, 15) is 9.59 Å². The summed E-state index contributed by atoms with van der Waals surface area (Å²) in [7, 11) is 0. The molecule has 1 aromatic rings. The van der Waals surface area contributed by atoms with Gasteiger partial charge in [0, 0.05) is 18.0 Å². The van der Waals surface area contributed by atoms with Crippen LogP contribution in [-0.2, 0) is 4.74 Å². The van der Waals surface area contributed by atoms with E-state index in [-0.39, 0.29) is 30.1 Å². The van der Waals surface area contributed by atoms with Crippen molar-refractivity contribution < 1.29 is 14.3 Å². The molecule has 1 saturated carbocycles. The van der Waals surface area contributed by atoms with Gasteiger partial charge < -0.3 is 21.1 Å². The van der Waals surface area contributed by atoms with Gasteiger partial charge in [0.25, 0.3) is 5.91 Å². The van der Waals surface area contributed by atoms with Crippen LogP contribution in [0.25, 0.3) is 0 Å². The largest absolute Gasteiger partial charge is 0.444 e. The van der Waals surface area contributed by atoms with Crippen LogP contribution in [0, 0.1) is 0 Å². The van der Waals surface area contributed by atoms with Crippen LogP contribution in [0.5, 0.6) is 0 Å². The van der Waals surface area contributed by atoms with E-state index >= 15 is 0 Å². The first-order valence-electron chi connectivity index (χ1n) is 9.68. The zero-order chi connectivity index (χ0) is 20.1. The molecule has 0 bridgehead atoms. The number of carbonyl (C=O) groups is 2. The number of nitrogen functional groups attached to an aromatic ring is 1. The number of likely N-dealkylation sites (tertiary alicyclic amines) is 1. The minimum Gasteiger partial charge on any atom is -0.444 e. The second-order valence-corrected chi connectivity index (χ2v) is 8.94. The summed E-state index contributed by atoms with van der Waals surface area (Å²) in [6, 6.07) is -0.0449. The lowest BCUT2D eigenvalue weighted by Gasteiger charge is -2.43. The Morgan fingerprint density at radius 2 is 1.70 bits per heavy atom. The molecule has 0 radical (unpaired) electrons. The van der Waals surface area contributed by atoms with E-state index in [1.54, 1.807) is 9.58 Å². The van der Waals surface area contributed by atoms with Gasteiger partial charge in [-0.3, -0.25) is 4.79 Å². The van der Waals surface area contributed by atoms with Crippen LogP contribution in [-0.4, -0.2) is 44.4 Å². The van der Waals surface area contributed by atoms with Gasteiger partial charge in [-0.2, -0.15) is 5.10 Å². The third-order valence-electron chi connectivity index (χ3n) is 5.31. The Hall–Kier alpha value is -2.25. The van der Waals surface area contributed by atoms with Gasteiger partial charge in [-0.05, 0) is 60.3 Å². The van der Waals surface area contributed by atoms with Gasteiger partial charge in [-0.1, -0.05) is 0 Å². The maximum Gasteiger partial charge on any atom is 0.410 e. The van der Waals surface area contributed by atoms with Crippen molar-refractivity contribution in [2.75, 3.05) is 5.73 Å². The number of carbonyl (C=O) groups excluding carboxylic acids is 2. The molecule has 2 atom stereocenters. The summed E-state index contributed by atoms with van der Waals surface area (Å²) in [5.74, 6) is 0.111. The fourth-order valence-corrected chi connectivity index (χ4v) is 4.06. The zero-order valence-corrected chi connectivity index (χ0v) is 16.9. The molecule has 1 aliphatic heterocycles. The molecule has 1 aromatic heterocycles. The number of rotatable bonds is 3. The predicted octanol–water partition coefficient (Wildman–Crippen LogP) is 2.79. The normalized spacial score (nSPS) is 26.1. The summed E-state index contributed by atoms with van der Waals surface area (Å²) in [6.07, 6.45) is 3.11. The molecule has 2 amide bonds. The van der Waals surface area contributed by atoms with E-state index in [2.05, 4.69) is 5.10 Å². The van der Waals surface area contributed by atoms with E-state index < -0.39 is 11.5 Å². The number of piperidine rings is 1. The van der Waals surface area contributed by atoms with Crippen LogP contribution in [0.15, 0.2) is 0 Å². The number of aromatic nitrogens is 2. The Balaban J connectivity index is 1.82. The van der Waals surface area contributed by atoms with Crippen molar-refractivity contribution in [2.45, 2.75) is 89.9 Å². The SMILES string of the molecule is CC1CC(n2nc(C3CC3)c(C(N)=O)c2N)CC(C)N1C(=O)OC(C)(C)C. The molecule has 27 heavy (non-hydrogen) atoms. The van der Waals surface area contributed by atoms with E-state index in [1.165, 1.54) is 0 Å². The number of hydrogen-bond acceptors (Lipinski definition) is 5. The fraction of sp³-hybridized carbons (Fsp3) is 0.737. The van der Waals surface area contributed by atoms with E-state index in [1.807, 2.05) is 34.6 Å². The number of nitrogens with two attached hydrogens (primary N) is 2. The molecule has 2 fully saturated rings. The lowest BCUT2D eigenvalue weighted by atomic mass is 9.93. The number of hydrogen-bond donors (Lipinski definition) is 2. The Morgan fingerprint density at radius 3 is 2.15 bits per heavy atom. The first-order chi connectivity index (χ1) is 12.5. The Labute approximate surface area is 160 Å². The monoisotopic (exact) mass is 377 g/mol. The number of nitrogens with zero attached hydrogens (tertiary/aromatic N) is 3. The van der Waals surface area contributed by atoms with Crippen molar-refractivity contribution in [1.29, 1.82) is 0 Å². The minimum atomic E-state index is -0.532. The molecular formula is C19H31N5O3. The summed E-state index contributed by atoms with van der Waals surface area (Å²) < 4.78 is 7.31. The molecule has 150 valence electrons. The molecule has 2 unspecified atom stereocenters. The summed E-state index contributed by atoms with van der Waals surface area (Å²) in [4.78, 5) is 26.3. The second-order valence-electron chi connectivity index (χ2n) is 8.94. The van der Waals surface area contributed by atoms with Crippen LogP contribution < -0.4 is 11.5 Å². The maximum absolute atomic E-state index is 12.6. The summed E-state index contributed by atoms with van der Waals surface area (Å²) in [5.41, 5.74) is 12.4. The van der Waals surface area contributed by atoms with Crippen LogP contribution in [0.4, 0.5) is 10.6 Å². The van der Waals surface area contributed by atoms with Gasteiger partial charge in [0.15, 0.2) is 0 Å². The fourth-order valence-electron chi connectivity index (χ4n) is 4.06. The lowest BCUT2D eigenvalue weighted by molar-refractivity contribution is -0.00678. The molecule has 2 aliphatic rings. The predicted molar refractivity (Wildman–Crippen MR) is 102 cm³/mol. The van der Waals surface area contributed by atoms with Crippen molar-refractivity contribution in [3.05, 3.63) is 11.3 Å². The molecule has 4 N–H and O–H groups in total. The highest BCUT2D eigenvalue weighted by Crippen LogP contribution is 2.43. The third kappa shape index (κ3) is 3.89. The van der Waals surface area contributed by atoms with E-state index in [4.69, 9.17) is 16.2 Å². The van der Waals surface area contributed by atoms with Crippen LogP contribution >= 0.6 is 0 Å². The summed E-state index contributed by atoms with van der Waals surface area (Å²) >= 11 is 0. The maximum atomic E-state index is 12.6. The molecule has 0 spiro atoms.